The summed E-state index contributed by atoms with van der Waals surface area (Å²) in [5.74, 6) is 1.67. The molecule has 0 unspecified atom stereocenters. The summed E-state index contributed by atoms with van der Waals surface area (Å²) in [4.78, 5) is 2.13. The number of hydrogen-bond donors (Lipinski definition) is 3. The third-order valence-electron chi connectivity index (χ3n) is 3.63. The number of nitrogens with zero attached hydrogens (tertiary/aromatic N) is 2. The maximum atomic E-state index is 4.95. The van der Waals surface area contributed by atoms with Gasteiger partial charge in [0.05, 0.1) is 0 Å². The predicted octanol–water partition coefficient (Wildman–Crippen LogP) is 2.63. The second kappa shape index (κ2) is 12.2. The lowest BCUT2D eigenvalue weighted by Gasteiger charge is -2.12. The summed E-state index contributed by atoms with van der Waals surface area (Å²) in [7, 11) is 4.14. The molecule has 2 N–H and O–H groups in total. The highest BCUT2D eigenvalue weighted by Crippen LogP contribution is 2.13. The van der Waals surface area contributed by atoms with Crippen LogP contribution >= 0.6 is 25.3 Å². The molecule has 0 amide bonds. The van der Waals surface area contributed by atoms with Crippen molar-refractivity contribution in [1.29, 1.82) is 0 Å². The molecule has 1 aromatic carbocycles. The van der Waals surface area contributed by atoms with Gasteiger partial charge in [-0.3, -0.25) is 0 Å². The van der Waals surface area contributed by atoms with Crippen molar-refractivity contribution in [3.8, 4) is 0 Å². The monoisotopic (exact) mass is 364 g/mol. The van der Waals surface area contributed by atoms with E-state index in [1.54, 1.807) is 0 Å². The first-order valence-corrected chi connectivity index (χ1v) is 9.54. The maximum absolute atomic E-state index is 4.95. The van der Waals surface area contributed by atoms with E-state index < -0.39 is 0 Å². The average Bonchev–Trinajstić information content (AvgIpc) is 2.62. The molecule has 1 heterocycles. The number of pyridine rings is 1. The SMILES string of the molecule is CN(C)c1ccc(CCc2cccc[n+]2CCS)cc1.NCCS. The van der Waals surface area contributed by atoms with Gasteiger partial charge in [0.1, 0.15) is 0 Å². The van der Waals surface area contributed by atoms with Crippen molar-refractivity contribution in [1.82, 2.24) is 0 Å². The molecule has 0 fully saturated rings. The van der Waals surface area contributed by atoms with Gasteiger partial charge in [0, 0.05) is 56.4 Å². The molecule has 132 valence electrons. The van der Waals surface area contributed by atoms with Crippen molar-refractivity contribution < 1.29 is 4.57 Å². The molecule has 0 radical (unpaired) electrons. The number of hydrogen-bond acceptors (Lipinski definition) is 4. The summed E-state index contributed by atoms with van der Waals surface area (Å²) in [6, 6.07) is 15.2. The first-order valence-electron chi connectivity index (χ1n) is 8.27. The van der Waals surface area contributed by atoms with Crippen LogP contribution in [-0.2, 0) is 19.4 Å². The molecule has 0 aliphatic rings. The van der Waals surface area contributed by atoms with E-state index in [1.165, 1.54) is 16.9 Å². The fourth-order valence-corrected chi connectivity index (χ4v) is 2.51. The number of aryl methyl sites for hydroxylation is 3. The molecule has 0 spiro atoms. The van der Waals surface area contributed by atoms with Crippen LogP contribution in [0.3, 0.4) is 0 Å². The number of benzene rings is 1. The van der Waals surface area contributed by atoms with Crippen LogP contribution in [0.2, 0.25) is 0 Å². The maximum Gasteiger partial charge on any atom is 0.181 e. The van der Waals surface area contributed by atoms with Gasteiger partial charge in [-0.2, -0.15) is 25.3 Å². The van der Waals surface area contributed by atoms with E-state index in [4.69, 9.17) is 5.73 Å². The van der Waals surface area contributed by atoms with E-state index >= 15 is 0 Å². The Balaban J connectivity index is 0.000000648. The normalized spacial score (nSPS) is 10.0. The van der Waals surface area contributed by atoms with Crippen LogP contribution in [0.5, 0.6) is 0 Å². The summed E-state index contributed by atoms with van der Waals surface area (Å²) in [5, 5.41) is 0. The number of aromatic nitrogens is 1. The molecule has 2 aromatic rings. The van der Waals surface area contributed by atoms with Gasteiger partial charge in [0.15, 0.2) is 18.4 Å². The minimum Gasteiger partial charge on any atom is -0.378 e. The molecule has 1 aromatic heterocycles. The zero-order chi connectivity index (χ0) is 17.8. The molecule has 5 heteroatoms. The van der Waals surface area contributed by atoms with Crippen LogP contribution < -0.4 is 15.2 Å². The van der Waals surface area contributed by atoms with Crippen LogP contribution in [0, 0.1) is 0 Å². The lowest BCUT2D eigenvalue weighted by atomic mass is 10.1. The largest absolute Gasteiger partial charge is 0.378 e. The standard InChI is InChI=1S/C17H22N2S.C2H7NS/c1-18(2)16-9-6-15(7-10-16)8-11-17-5-3-4-12-19(17)13-14-20;3-1-2-4/h3-7,9-10,12H,8,11,13-14H2,1-2H3;4H,1-3H2/p+1. The van der Waals surface area contributed by atoms with Gasteiger partial charge >= 0.3 is 0 Å². The Bertz CT molecular complexity index is 569. The lowest BCUT2D eigenvalue weighted by Crippen LogP contribution is -2.38. The highest BCUT2D eigenvalue weighted by atomic mass is 32.1. The Hall–Kier alpha value is -1.17. The van der Waals surface area contributed by atoms with E-state index in [9.17, 15) is 0 Å². The third-order valence-corrected chi connectivity index (χ3v) is 4.09. The van der Waals surface area contributed by atoms with E-state index in [1.807, 2.05) is 0 Å². The Labute approximate surface area is 157 Å². The van der Waals surface area contributed by atoms with Crippen LogP contribution in [-0.4, -0.2) is 32.1 Å². The van der Waals surface area contributed by atoms with E-state index in [0.29, 0.717) is 6.54 Å². The summed E-state index contributed by atoms with van der Waals surface area (Å²) in [5.41, 5.74) is 8.96. The highest BCUT2D eigenvalue weighted by molar-refractivity contribution is 7.80. The number of thiol groups is 2. The summed E-state index contributed by atoms with van der Waals surface area (Å²) in [6.07, 6.45) is 4.28. The first kappa shape index (κ1) is 20.9. The molecule has 0 saturated carbocycles. The number of anilines is 1. The molecule has 24 heavy (non-hydrogen) atoms. The molecule has 0 atom stereocenters. The second-order valence-corrected chi connectivity index (χ2v) is 6.58. The minimum atomic E-state index is 0.684. The highest BCUT2D eigenvalue weighted by Gasteiger charge is 2.08. The van der Waals surface area contributed by atoms with Crippen LogP contribution in [0.1, 0.15) is 11.3 Å². The average molecular weight is 365 g/mol. The van der Waals surface area contributed by atoms with Crippen molar-refractivity contribution in [2.75, 3.05) is 37.0 Å². The van der Waals surface area contributed by atoms with E-state index in [0.717, 1.165) is 30.9 Å². The van der Waals surface area contributed by atoms with Crippen molar-refractivity contribution >= 4 is 30.9 Å². The van der Waals surface area contributed by atoms with Crippen molar-refractivity contribution in [2.24, 2.45) is 5.73 Å². The molecule has 0 bridgehead atoms. The van der Waals surface area contributed by atoms with E-state index in [2.05, 4.69) is 97.5 Å². The van der Waals surface area contributed by atoms with Crippen molar-refractivity contribution in [3.63, 3.8) is 0 Å². The Morgan fingerprint density at radius 2 is 1.62 bits per heavy atom. The molecular formula is C19H30N3S2+. The lowest BCUT2D eigenvalue weighted by molar-refractivity contribution is -0.699. The fraction of sp³-hybridized carbons (Fsp3) is 0.421. The van der Waals surface area contributed by atoms with Crippen LogP contribution in [0.25, 0.3) is 0 Å². The summed E-state index contributed by atoms with van der Waals surface area (Å²) in [6.45, 7) is 1.65. The van der Waals surface area contributed by atoms with E-state index in [-0.39, 0.29) is 0 Å². The number of rotatable bonds is 7. The van der Waals surface area contributed by atoms with Crippen LogP contribution in [0.15, 0.2) is 48.7 Å². The minimum absolute atomic E-state index is 0.684. The van der Waals surface area contributed by atoms with Gasteiger partial charge in [-0.25, -0.2) is 4.57 Å². The quantitative estimate of drug-likeness (QED) is 0.521. The van der Waals surface area contributed by atoms with Gasteiger partial charge in [-0.05, 0) is 24.1 Å². The third kappa shape index (κ3) is 7.60. The van der Waals surface area contributed by atoms with Gasteiger partial charge < -0.3 is 10.6 Å². The second-order valence-electron chi connectivity index (χ2n) is 5.68. The van der Waals surface area contributed by atoms with Crippen molar-refractivity contribution in [3.05, 3.63) is 59.9 Å². The topological polar surface area (TPSA) is 33.1 Å². The molecule has 2 rings (SSSR count). The summed E-state index contributed by atoms with van der Waals surface area (Å²) < 4.78 is 2.29. The van der Waals surface area contributed by atoms with Crippen molar-refractivity contribution in [2.45, 2.75) is 19.4 Å². The smallest absolute Gasteiger partial charge is 0.181 e. The zero-order valence-corrected chi connectivity index (χ0v) is 16.5. The Kier molecular flexibility index (Phi) is 10.6. The Morgan fingerprint density at radius 1 is 0.958 bits per heavy atom. The van der Waals surface area contributed by atoms with Crippen LogP contribution in [0.4, 0.5) is 5.69 Å². The predicted molar refractivity (Wildman–Crippen MR) is 112 cm³/mol. The molecule has 0 aliphatic carbocycles. The van der Waals surface area contributed by atoms with Gasteiger partial charge in [0.25, 0.3) is 0 Å². The molecule has 0 saturated heterocycles. The molecular weight excluding hydrogens is 334 g/mol. The van der Waals surface area contributed by atoms with Gasteiger partial charge in [-0.1, -0.05) is 18.2 Å². The molecule has 3 nitrogen and oxygen atoms in total. The van der Waals surface area contributed by atoms with Gasteiger partial charge in [-0.15, -0.1) is 0 Å². The zero-order valence-electron chi connectivity index (χ0n) is 14.7. The summed E-state index contributed by atoms with van der Waals surface area (Å²) >= 11 is 8.12. The Morgan fingerprint density at radius 3 is 2.17 bits per heavy atom. The fourth-order valence-electron chi connectivity index (χ4n) is 2.30. The first-order chi connectivity index (χ1) is 11.6. The number of nitrogens with two attached hydrogens (primary N) is 1. The molecule has 0 aliphatic heterocycles. The van der Waals surface area contributed by atoms with Gasteiger partial charge in [0.2, 0.25) is 0 Å².